The number of para-hydroxylation sites is 3. The Balaban J connectivity index is 1.02. The highest BCUT2D eigenvalue weighted by molar-refractivity contribution is 6.11. The fourth-order valence-electron chi connectivity index (χ4n) is 10.9. The van der Waals surface area contributed by atoms with Crippen LogP contribution in [0.25, 0.3) is 116 Å². The lowest BCUT2D eigenvalue weighted by Crippen LogP contribution is -2.04. The maximum absolute atomic E-state index is 6.88. The molecule has 0 spiro atoms. The molecule has 10 aromatic carbocycles. The maximum atomic E-state index is 6.88. The third-order valence-electron chi connectivity index (χ3n) is 14.1. The van der Waals surface area contributed by atoms with Crippen LogP contribution in [0.4, 0.5) is 0 Å². The average Bonchev–Trinajstić information content (AvgIpc) is 3.88. The van der Waals surface area contributed by atoms with E-state index in [9.17, 15) is 0 Å². The van der Waals surface area contributed by atoms with Gasteiger partial charge >= 0.3 is 0 Å². The van der Waals surface area contributed by atoms with Crippen molar-refractivity contribution in [2.75, 3.05) is 0 Å². The third-order valence-corrected chi connectivity index (χ3v) is 14.1. The van der Waals surface area contributed by atoms with E-state index in [4.69, 9.17) is 19.4 Å². The van der Waals surface area contributed by atoms with Crippen molar-refractivity contribution in [3.63, 3.8) is 0 Å². The van der Waals surface area contributed by atoms with Gasteiger partial charge in [-0.3, -0.25) is 0 Å². The van der Waals surface area contributed by atoms with Crippen LogP contribution in [0.15, 0.2) is 217 Å². The topological polar surface area (TPSA) is 56.7 Å². The molecule has 0 amide bonds. The Hall–Kier alpha value is -8.67. The predicted molar refractivity (Wildman–Crippen MR) is 275 cm³/mol. The van der Waals surface area contributed by atoms with Crippen molar-refractivity contribution >= 4 is 65.3 Å². The fraction of sp³-hybridized carbons (Fsp3) is 0.0484. The molecule has 13 aromatic rings. The first-order chi connectivity index (χ1) is 33.2. The summed E-state index contributed by atoms with van der Waals surface area (Å²) in [6, 6.07) is 76.2. The summed E-state index contributed by atoms with van der Waals surface area (Å²) in [6.45, 7) is 0. The average molecular weight is 857 g/mol. The number of hydrogen-bond acceptors (Lipinski definition) is 4. The van der Waals surface area contributed by atoms with Gasteiger partial charge < -0.3 is 8.98 Å². The van der Waals surface area contributed by atoms with Gasteiger partial charge in [0.1, 0.15) is 11.2 Å². The van der Waals surface area contributed by atoms with Gasteiger partial charge in [-0.15, -0.1) is 0 Å². The molecule has 67 heavy (non-hydrogen) atoms. The van der Waals surface area contributed by atoms with Crippen LogP contribution in [-0.2, 0) is 6.42 Å². The zero-order valence-corrected chi connectivity index (χ0v) is 36.4. The quantitative estimate of drug-likeness (QED) is 0.173. The second-order valence-corrected chi connectivity index (χ2v) is 17.8. The Kier molecular flexibility index (Phi) is 8.40. The van der Waals surface area contributed by atoms with Crippen LogP contribution in [0.2, 0.25) is 0 Å². The number of furan rings is 1. The van der Waals surface area contributed by atoms with Crippen LogP contribution < -0.4 is 0 Å². The highest BCUT2D eigenvalue weighted by atomic mass is 16.3. The minimum absolute atomic E-state index is 0.102. The van der Waals surface area contributed by atoms with Gasteiger partial charge in [-0.25, -0.2) is 15.0 Å². The molecule has 0 bridgehead atoms. The summed E-state index contributed by atoms with van der Waals surface area (Å²) in [5.74, 6) is 1.87. The third kappa shape index (κ3) is 6.05. The van der Waals surface area contributed by atoms with Crippen LogP contribution in [0.1, 0.15) is 29.0 Å². The van der Waals surface area contributed by atoms with E-state index in [1.54, 1.807) is 0 Å². The molecule has 314 valence electrons. The summed E-state index contributed by atoms with van der Waals surface area (Å²) in [6.07, 6.45) is 1.89. The Morgan fingerprint density at radius 2 is 1.07 bits per heavy atom. The van der Waals surface area contributed by atoms with Gasteiger partial charge in [0.15, 0.2) is 17.5 Å². The van der Waals surface area contributed by atoms with E-state index in [2.05, 4.69) is 211 Å². The highest BCUT2D eigenvalue weighted by Gasteiger charge is 2.28. The van der Waals surface area contributed by atoms with E-state index in [1.165, 1.54) is 49.4 Å². The van der Waals surface area contributed by atoms with Crippen molar-refractivity contribution in [1.82, 2.24) is 19.5 Å². The summed E-state index contributed by atoms with van der Waals surface area (Å²) >= 11 is 0. The second-order valence-electron chi connectivity index (χ2n) is 17.8. The molecule has 3 heterocycles. The highest BCUT2D eigenvalue weighted by Crippen LogP contribution is 2.46. The van der Waals surface area contributed by atoms with E-state index in [0.29, 0.717) is 17.5 Å². The van der Waals surface area contributed by atoms with Gasteiger partial charge in [0.25, 0.3) is 0 Å². The van der Waals surface area contributed by atoms with Gasteiger partial charge in [0, 0.05) is 44.3 Å². The smallest absolute Gasteiger partial charge is 0.167 e. The minimum Gasteiger partial charge on any atom is -0.455 e. The molecule has 1 aliphatic rings. The molecule has 0 radical (unpaired) electrons. The molecule has 0 saturated heterocycles. The number of nitrogens with zero attached hydrogens (tertiary/aromatic N) is 4. The first-order valence-corrected chi connectivity index (χ1v) is 23.1. The van der Waals surface area contributed by atoms with Crippen molar-refractivity contribution in [2.24, 2.45) is 0 Å². The largest absolute Gasteiger partial charge is 0.455 e. The number of rotatable bonds is 5. The molecule has 3 aromatic heterocycles. The van der Waals surface area contributed by atoms with Crippen molar-refractivity contribution in [1.29, 1.82) is 0 Å². The monoisotopic (exact) mass is 856 g/mol. The standard InChI is InChI=1S/C62H40N4O/c1-2-19-44(20-3-1)66-56-27-12-10-24-49(56)50-32-30-42(37-57(50)66)60-63-61(52-26-14-18-38-15-6-7-21-45(38)52)65-62(64-60)55-36-43(35-54-51-25-11-13-28-58(51)67-59(54)55)46-31-29-41-33-39-16-4-5-17-40(39)34-53(41)48-23-9-8-22-47(46)48/h1-28,30,32-37,46H,29,31H2. The first-order valence-electron chi connectivity index (χ1n) is 23.1. The van der Waals surface area contributed by atoms with Crippen LogP contribution in [0, 0.1) is 0 Å². The minimum atomic E-state index is 0.102. The van der Waals surface area contributed by atoms with Crippen molar-refractivity contribution < 1.29 is 4.42 Å². The molecule has 0 N–H and O–H groups in total. The zero-order valence-electron chi connectivity index (χ0n) is 36.4. The van der Waals surface area contributed by atoms with Gasteiger partial charge in [0.05, 0.1) is 16.6 Å². The summed E-state index contributed by atoms with van der Waals surface area (Å²) in [7, 11) is 0. The number of fused-ring (bicyclic) bond motifs is 11. The van der Waals surface area contributed by atoms with E-state index in [1.807, 2.05) is 6.07 Å². The maximum Gasteiger partial charge on any atom is 0.167 e. The lowest BCUT2D eigenvalue weighted by atomic mass is 9.84. The van der Waals surface area contributed by atoms with E-state index >= 15 is 0 Å². The molecule has 0 saturated carbocycles. The molecular weight excluding hydrogens is 817 g/mol. The SMILES string of the molecule is c1ccc(-n2c3ccccc3c3ccc(-c4nc(-c5cccc6ccccc56)nc(-c5cc(C6CCc7cc8ccccc8cc7-c7ccccc76)cc6c5oc5ccccc56)n4)cc32)cc1. The molecule has 14 rings (SSSR count). The number of aromatic nitrogens is 4. The lowest BCUT2D eigenvalue weighted by Gasteiger charge is -2.20. The lowest BCUT2D eigenvalue weighted by molar-refractivity contribution is 0.668. The Bertz CT molecular complexity index is 4120. The number of hydrogen-bond donors (Lipinski definition) is 0. The number of aryl methyl sites for hydroxylation is 1. The molecule has 0 fully saturated rings. The Morgan fingerprint density at radius 1 is 0.418 bits per heavy atom. The summed E-state index contributed by atoms with van der Waals surface area (Å²) in [5, 5.41) is 9.23. The van der Waals surface area contributed by atoms with Crippen molar-refractivity contribution in [3.05, 3.63) is 229 Å². The second kappa shape index (κ2) is 14.9. The molecular formula is C62H40N4O. The summed E-state index contributed by atoms with van der Waals surface area (Å²) in [5.41, 5.74) is 14.1. The normalized spacial score (nSPS) is 13.7. The van der Waals surface area contributed by atoms with E-state index < -0.39 is 0 Å². The van der Waals surface area contributed by atoms with Crippen molar-refractivity contribution in [3.8, 4) is 51.0 Å². The van der Waals surface area contributed by atoms with Crippen LogP contribution in [0.5, 0.6) is 0 Å². The van der Waals surface area contributed by atoms with Crippen LogP contribution in [-0.4, -0.2) is 19.5 Å². The van der Waals surface area contributed by atoms with Gasteiger partial charge in [0.2, 0.25) is 0 Å². The summed E-state index contributed by atoms with van der Waals surface area (Å²) in [4.78, 5) is 16.3. The van der Waals surface area contributed by atoms with E-state index in [-0.39, 0.29) is 5.92 Å². The van der Waals surface area contributed by atoms with Gasteiger partial charge in [-0.05, 0) is 111 Å². The Labute approximate surface area is 386 Å². The van der Waals surface area contributed by atoms with Crippen LogP contribution in [0.3, 0.4) is 0 Å². The van der Waals surface area contributed by atoms with Crippen molar-refractivity contribution in [2.45, 2.75) is 18.8 Å². The van der Waals surface area contributed by atoms with Gasteiger partial charge in [-0.2, -0.15) is 0 Å². The molecule has 1 aliphatic carbocycles. The molecule has 5 nitrogen and oxygen atoms in total. The molecule has 1 atom stereocenters. The van der Waals surface area contributed by atoms with Gasteiger partial charge in [-0.1, -0.05) is 164 Å². The first kappa shape index (κ1) is 37.7. The number of benzene rings is 10. The van der Waals surface area contributed by atoms with Crippen LogP contribution >= 0.6 is 0 Å². The fourth-order valence-corrected chi connectivity index (χ4v) is 10.9. The van der Waals surface area contributed by atoms with E-state index in [0.717, 1.165) is 79.0 Å². The molecule has 0 aliphatic heterocycles. The summed E-state index contributed by atoms with van der Waals surface area (Å²) < 4.78 is 9.23. The molecule has 5 heteroatoms. The molecule has 1 unspecified atom stereocenters. The zero-order chi connectivity index (χ0) is 44.0. The Morgan fingerprint density at radius 3 is 1.96 bits per heavy atom. The predicted octanol–water partition coefficient (Wildman–Crippen LogP) is 15.9.